The van der Waals surface area contributed by atoms with Crippen molar-refractivity contribution in [2.75, 3.05) is 5.32 Å². The van der Waals surface area contributed by atoms with Crippen LogP contribution in [0.25, 0.3) is 0 Å². The van der Waals surface area contributed by atoms with Gasteiger partial charge in [-0.2, -0.15) is 10.2 Å². The molecule has 0 unspecified atom stereocenters. The van der Waals surface area contributed by atoms with Crippen LogP contribution >= 0.6 is 35.0 Å². The van der Waals surface area contributed by atoms with Crippen LogP contribution in [-0.2, 0) is 16.1 Å². The third kappa shape index (κ3) is 6.30. The Hall–Kier alpha value is -3.14. The van der Waals surface area contributed by atoms with Crippen molar-refractivity contribution in [1.29, 1.82) is 0 Å². The van der Waals surface area contributed by atoms with Crippen molar-refractivity contribution < 1.29 is 9.59 Å². The second-order valence-electron chi connectivity index (χ2n) is 7.89. The number of aromatic nitrogens is 2. The molecule has 2 heterocycles. The summed E-state index contributed by atoms with van der Waals surface area (Å²) in [4.78, 5) is 24.7. The molecular weight excluding hydrogens is 507 g/mol. The Morgan fingerprint density at radius 3 is 2.74 bits per heavy atom. The summed E-state index contributed by atoms with van der Waals surface area (Å²) in [6.07, 6.45) is 1.50. The standard InChI is InChI=1S/C24H22Cl2N6O2S/c1-14-8-9-17(10-19(14)25)28-21(33)11-20-23(34)29-24(35-20)30-27-12-18-15(2)31-32(22(18)26)13-16-6-4-3-5-7-16/h3-10,12,20H,11,13H2,1-2H3,(H,28,33)(H,29,30,34)/b27-12-/t20-/m0/s1. The van der Waals surface area contributed by atoms with Crippen LogP contribution in [0.1, 0.15) is 28.8 Å². The number of carbonyl (C=O) groups excluding carboxylic acids is 2. The first kappa shape index (κ1) is 25.0. The minimum atomic E-state index is -0.608. The number of rotatable bonds is 7. The van der Waals surface area contributed by atoms with Crippen LogP contribution < -0.4 is 10.6 Å². The second kappa shape index (κ2) is 11.1. The van der Waals surface area contributed by atoms with Crippen molar-refractivity contribution in [3.63, 3.8) is 0 Å². The van der Waals surface area contributed by atoms with E-state index in [1.54, 1.807) is 16.8 Å². The van der Waals surface area contributed by atoms with Gasteiger partial charge in [0, 0.05) is 17.1 Å². The third-order valence-electron chi connectivity index (χ3n) is 5.22. The molecule has 0 radical (unpaired) electrons. The predicted molar refractivity (Wildman–Crippen MR) is 142 cm³/mol. The van der Waals surface area contributed by atoms with Crippen LogP contribution in [0.5, 0.6) is 0 Å². The number of anilines is 1. The number of amidine groups is 1. The van der Waals surface area contributed by atoms with E-state index in [0.29, 0.717) is 38.8 Å². The summed E-state index contributed by atoms with van der Waals surface area (Å²) in [5.41, 5.74) is 3.92. The Morgan fingerprint density at radius 1 is 1.23 bits per heavy atom. The lowest BCUT2D eigenvalue weighted by Crippen LogP contribution is -2.28. The summed E-state index contributed by atoms with van der Waals surface area (Å²) in [7, 11) is 0. The van der Waals surface area contributed by atoms with Crippen LogP contribution in [0.2, 0.25) is 10.2 Å². The first-order chi connectivity index (χ1) is 16.8. The molecule has 0 saturated carbocycles. The molecule has 0 spiro atoms. The lowest BCUT2D eigenvalue weighted by Gasteiger charge is -2.08. The number of hydrogen-bond donors (Lipinski definition) is 2. The molecule has 1 saturated heterocycles. The smallest absolute Gasteiger partial charge is 0.240 e. The molecule has 0 bridgehead atoms. The maximum Gasteiger partial charge on any atom is 0.240 e. The molecule has 1 atom stereocenters. The topological polar surface area (TPSA) is 101 Å². The first-order valence-corrected chi connectivity index (χ1v) is 12.3. The maximum absolute atomic E-state index is 12.4. The zero-order chi connectivity index (χ0) is 24.9. The Balaban J connectivity index is 1.36. The summed E-state index contributed by atoms with van der Waals surface area (Å²) in [5, 5.41) is 18.7. The molecule has 2 N–H and O–H groups in total. The quantitative estimate of drug-likeness (QED) is 0.339. The van der Waals surface area contributed by atoms with Crippen LogP contribution in [0.15, 0.2) is 58.7 Å². The van der Waals surface area contributed by atoms with Gasteiger partial charge in [-0.1, -0.05) is 71.4 Å². The Kier molecular flexibility index (Phi) is 7.90. The SMILES string of the molecule is Cc1ccc(NC(=O)C[C@@H]2S/C(=N\N=C/c3c(C)nn(Cc4ccccc4)c3Cl)NC2=O)cc1Cl. The molecule has 2 amide bonds. The number of carbonyl (C=O) groups is 2. The van der Waals surface area contributed by atoms with Gasteiger partial charge in [0.15, 0.2) is 5.17 Å². The van der Waals surface area contributed by atoms with E-state index in [1.165, 1.54) is 6.21 Å². The summed E-state index contributed by atoms with van der Waals surface area (Å²) in [5.74, 6) is -0.596. The average molecular weight is 529 g/mol. The molecule has 11 heteroatoms. The number of nitrogens with zero attached hydrogens (tertiary/aromatic N) is 4. The fraction of sp³-hybridized carbons (Fsp3) is 0.208. The van der Waals surface area contributed by atoms with Crippen LogP contribution in [0.4, 0.5) is 5.69 Å². The summed E-state index contributed by atoms with van der Waals surface area (Å²) < 4.78 is 1.70. The molecule has 1 aliphatic rings. The molecule has 4 rings (SSSR count). The van der Waals surface area contributed by atoms with Gasteiger partial charge in [-0.3, -0.25) is 9.59 Å². The Morgan fingerprint density at radius 2 is 2.00 bits per heavy atom. The van der Waals surface area contributed by atoms with Crippen molar-refractivity contribution in [1.82, 2.24) is 15.1 Å². The molecule has 0 aliphatic carbocycles. The molecule has 35 heavy (non-hydrogen) atoms. The van der Waals surface area contributed by atoms with Gasteiger partial charge in [-0.15, -0.1) is 5.10 Å². The first-order valence-electron chi connectivity index (χ1n) is 10.7. The number of amides is 2. The van der Waals surface area contributed by atoms with Crippen molar-refractivity contribution in [3.8, 4) is 0 Å². The van der Waals surface area contributed by atoms with Gasteiger partial charge in [-0.05, 0) is 37.1 Å². The fourth-order valence-corrected chi connectivity index (χ4v) is 4.74. The molecular formula is C24H22Cl2N6O2S. The highest BCUT2D eigenvalue weighted by molar-refractivity contribution is 8.15. The highest BCUT2D eigenvalue weighted by Gasteiger charge is 2.32. The van der Waals surface area contributed by atoms with Crippen LogP contribution in [-0.4, -0.2) is 38.2 Å². The van der Waals surface area contributed by atoms with Gasteiger partial charge < -0.3 is 10.6 Å². The Bertz CT molecular complexity index is 1320. The van der Waals surface area contributed by atoms with Gasteiger partial charge >= 0.3 is 0 Å². The van der Waals surface area contributed by atoms with E-state index < -0.39 is 5.25 Å². The van der Waals surface area contributed by atoms with Gasteiger partial charge in [-0.25, -0.2) is 4.68 Å². The lowest BCUT2D eigenvalue weighted by molar-refractivity contribution is -0.122. The molecule has 8 nitrogen and oxygen atoms in total. The van der Waals surface area contributed by atoms with E-state index >= 15 is 0 Å². The van der Waals surface area contributed by atoms with E-state index in [1.807, 2.05) is 50.2 Å². The summed E-state index contributed by atoms with van der Waals surface area (Å²) in [6.45, 7) is 4.25. The number of hydrogen-bond acceptors (Lipinski definition) is 6. The van der Waals surface area contributed by atoms with E-state index in [2.05, 4.69) is 25.9 Å². The lowest BCUT2D eigenvalue weighted by atomic mass is 10.2. The normalized spacial score (nSPS) is 16.7. The minimum absolute atomic E-state index is 0.0120. The molecule has 3 aromatic rings. The van der Waals surface area contributed by atoms with Crippen LogP contribution in [0, 0.1) is 13.8 Å². The molecule has 2 aromatic carbocycles. The van der Waals surface area contributed by atoms with Crippen molar-refractivity contribution in [2.24, 2.45) is 10.2 Å². The molecule has 1 aromatic heterocycles. The minimum Gasteiger partial charge on any atom is -0.326 e. The maximum atomic E-state index is 12.4. The molecule has 1 fully saturated rings. The monoisotopic (exact) mass is 528 g/mol. The number of thioether (sulfide) groups is 1. The number of nitrogens with one attached hydrogen (secondary N) is 2. The van der Waals surface area contributed by atoms with E-state index in [4.69, 9.17) is 23.2 Å². The van der Waals surface area contributed by atoms with Crippen LogP contribution in [0.3, 0.4) is 0 Å². The molecule has 1 aliphatic heterocycles. The zero-order valence-electron chi connectivity index (χ0n) is 19.0. The molecule has 180 valence electrons. The van der Waals surface area contributed by atoms with Gasteiger partial charge in [0.1, 0.15) is 10.4 Å². The van der Waals surface area contributed by atoms with E-state index in [0.717, 1.165) is 22.9 Å². The zero-order valence-corrected chi connectivity index (χ0v) is 21.3. The highest BCUT2D eigenvalue weighted by Crippen LogP contribution is 2.25. The van der Waals surface area contributed by atoms with Crippen molar-refractivity contribution >= 4 is 63.8 Å². The largest absolute Gasteiger partial charge is 0.326 e. The number of halogens is 2. The summed E-state index contributed by atoms with van der Waals surface area (Å²) >= 11 is 13.7. The van der Waals surface area contributed by atoms with E-state index in [-0.39, 0.29) is 18.2 Å². The fourth-order valence-electron chi connectivity index (χ4n) is 3.35. The van der Waals surface area contributed by atoms with Crippen molar-refractivity contribution in [2.45, 2.75) is 32.1 Å². The third-order valence-corrected chi connectivity index (χ3v) is 7.10. The predicted octanol–water partition coefficient (Wildman–Crippen LogP) is 4.81. The number of aryl methyl sites for hydroxylation is 2. The van der Waals surface area contributed by atoms with Gasteiger partial charge in [0.25, 0.3) is 0 Å². The average Bonchev–Trinajstić information content (AvgIpc) is 3.30. The van der Waals surface area contributed by atoms with E-state index in [9.17, 15) is 9.59 Å². The van der Waals surface area contributed by atoms with Crippen molar-refractivity contribution in [3.05, 3.63) is 81.1 Å². The van der Waals surface area contributed by atoms with Gasteiger partial charge in [0.05, 0.1) is 24.0 Å². The second-order valence-corrected chi connectivity index (χ2v) is 9.85. The Labute approximate surface area is 216 Å². The highest BCUT2D eigenvalue weighted by atomic mass is 35.5. The number of benzene rings is 2. The van der Waals surface area contributed by atoms with Gasteiger partial charge in [0.2, 0.25) is 11.8 Å². The summed E-state index contributed by atoms with van der Waals surface area (Å²) in [6, 6.07) is 15.1.